The average molecular weight is 488 g/mol. The Morgan fingerprint density at radius 2 is 2.00 bits per heavy atom. The molecule has 0 aromatic heterocycles. The van der Waals surface area contributed by atoms with E-state index in [4.69, 9.17) is 4.99 Å². The molecule has 0 radical (unpaired) electrons. The second-order valence-electron chi connectivity index (χ2n) is 9.73. The standard InChI is InChI=1S/C27H33N7O2/c1-19-16-20(8-9-21(19)17-29-26(36)34-13-5-12-32(2)14-15-34)25(35)22-10-11-28-23-6-4-7-24-27(23,31-22)18-30-33(24)3/h6-11,16,18,28H,4-5,12-15,17H2,1-3H3,(H,29,36). The fourth-order valence-electron chi connectivity index (χ4n) is 5.08. The predicted octanol–water partition coefficient (Wildman–Crippen LogP) is 2.42. The minimum Gasteiger partial charge on any atom is -0.363 e. The van der Waals surface area contributed by atoms with Gasteiger partial charge in [0.05, 0.1) is 17.6 Å². The maximum Gasteiger partial charge on any atom is 0.317 e. The zero-order valence-electron chi connectivity index (χ0n) is 21.1. The lowest BCUT2D eigenvalue weighted by Crippen LogP contribution is -2.41. The Hall–Kier alpha value is -3.72. The lowest BCUT2D eigenvalue weighted by Gasteiger charge is -2.30. The van der Waals surface area contributed by atoms with Crippen LogP contribution < -0.4 is 10.6 Å². The van der Waals surface area contributed by atoms with E-state index in [2.05, 4.69) is 39.8 Å². The summed E-state index contributed by atoms with van der Waals surface area (Å²) >= 11 is 0. The van der Waals surface area contributed by atoms with Crippen LogP contribution in [0.4, 0.5) is 4.79 Å². The largest absolute Gasteiger partial charge is 0.363 e. The van der Waals surface area contributed by atoms with Gasteiger partial charge in [-0.2, -0.15) is 5.10 Å². The van der Waals surface area contributed by atoms with Crippen molar-refractivity contribution < 1.29 is 9.59 Å². The number of hydrogen-bond acceptors (Lipinski definition) is 7. The quantitative estimate of drug-likeness (QED) is 0.637. The van der Waals surface area contributed by atoms with E-state index in [9.17, 15) is 9.59 Å². The molecule has 1 atom stereocenters. The molecule has 2 amide bonds. The van der Waals surface area contributed by atoms with Crippen LogP contribution in [0, 0.1) is 6.92 Å². The third kappa shape index (κ3) is 4.46. The zero-order chi connectivity index (χ0) is 25.3. The number of likely N-dealkylation sites (N-methyl/N-ethyl adjacent to an activating group) is 2. The highest BCUT2D eigenvalue weighted by Gasteiger charge is 2.45. The molecular weight excluding hydrogens is 454 g/mol. The number of benzene rings is 1. The van der Waals surface area contributed by atoms with Gasteiger partial charge in [-0.3, -0.25) is 14.8 Å². The number of nitrogens with one attached hydrogen (secondary N) is 2. The topological polar surface area (TPSA) is 92.6 Å². The van der Waals surface area contributed by atoms with E-state index in [-0.39, 0.29) is 11.8 Å². The zero-order valence-corrected chi connectivity index (χ0v) is 21.1. The second-order valence-corrected chi connectivity index (χ2v) is 9.73. The first-order valence-electron chi connectivity index (χ1n) is 12.5. The number of allylic oxidation sites excluding steroid dienone is 3. The van der Waals surface area contributed by atoms with Gasteiger partial charge in [-0.05, 0) is 56.6 Å². The predicted molar refractivity (Wildman–Crippen MR) is 141 cm³/mol. The van der Waals surface area contributed by atoms with Crippen molar-refractivity contribution in [2.75, 3.05) is 40.3 Å². The Kier molecular flexibility index (Phi) is 6.49. The number of rotatable bonds is 4. The molecule has 5 rings (SSSR count). The van der Waals surface area contributed by atoms with E-state index in [1.54, 1.807) is 18.5 Å². The summed E-state index contributed by atoms with van der Waals surface area (Å²) in [5, 5.41) is 12.6. The van der Waals surface area contributed by atoms with E-state index in [1.165, 1.54) is 0 Å². The number of ketones is 1. The van der Waals surface area contributed by atoms with Gasteiger partial charge in [0.25, 0.3) is 0 Å². The second kappa shape index (κ2) is 9.73. The van der Waals surface area contributed by atoms with E-state index < -0.39 is 5.54 Å². The molecule has 4 aliphatic rings. The third-order valence-corrected chi connectivity index (χ3v) is 7.25. The monoisotopic (exact) mass is 487 g/mol. The Labute approximate surface area is 211 Å². The highest BCUT2D eigenvalue weighted by molar-refractivity contribution is 6.50. The molecule has 1 unspecified atom stereocenters. The van der Waals surface area contributed by atoms with Crippen LogP contribution in [0.3, 0.4) is 0 Å². The van der Waals surface area contributed by atoms with E-state index in [0.717, 1.165) is 61.5 Å². The molecule has 188 valence electrons. The fourth-order valence-corrected chi connectivity index (χ4v) is 5.08. The van der Waals surface area contributed by atoms with Crippen LogP contribution >= 0.6 is 0 Å². The molecule has 0 saturated carbocycles. The summed E-state index contributed by atoms with van der Waals surface area (Å²) in [4.78, 5) is 35.2. The van der Waals surface area contributed by atoms with Crippen LogP contribution in [0.25, 0.3) is 0 Å². The minimum atomic E-state index is -0.803. The maximum atomic E-state index is 13.5. The highest BCUT2D eigenvalue weighted by Crippen LogP contribution is 2.38. The highest BCUT2D eigenvalue weighted by atomic mass is 16.2. The summed E-state index contributed by atoms with van der Waals surface area (Å²) in [7, 11) is 3.97. The number of carbonyl (C=O) groups excluding carboxylic acids is 2. The SMILES string of the molecule is Cc1cc(C(=O)C2=NC34C=NN(C)C3=CCC=C4NC=C2)ccc1CNC(=O)N1CCCN(C)CC1. The normalized spacial score (nSPS) is 23.5. The fraction of sp³-hybridized carbons (Fsp3) is 0.407. The molecule has 36 heavy (non-hydrogen) atoms. The summed E-state index contributed by atoms with van der Waals surface area (Å²) in [6.07, 6.45) is 11.2. The molecule has 3 heterocycles. The number of aryl methyl sites for hydroxylation is 1. The van der Waals surface area contributed by atoms with Crippen molar-refractivity contribution in [3.63, 3.8) is 0 Å². The smallest absolute Gasteiger partial charge is 0.317 e. The van der Waals surface area contributed by atoms with Crippen molar-refractivity contribution in [1.29, 1.82) is 0 Å². The summed E-state index contributed by atoms with van der Waals surface area (Å²) in [6.45, 7) is 5.78. The van der Waals surface area contributed by atoms with Gasteiger partial charge >= 0.3 is 6.03 Å². The van der Waals surface area contributed by atoms with Crippen LogP contribution in [0.2, 0.25) is 0 Å². The van der Waals surface area contributed by atoms with Gasteiger partial charge in [0.1, 0.15) is 5.71 Å². The summed E-state index contributed by atoms with van der Waals surface area (Å²) in [5.74, 6) is -0.149. The molecule has 2 N–H and O–H groups in total. The number of nitrogens with zero attached hydrogens (tertiary/aromatic N) is 5. The average Bonchev–Trinajstić information content (AvgIpc) is 3.01. The molecule has 9 heteroatoms. The van der Waals surface area contributed by atoms with E-state index >= 15 is 0 Å². The number of amides is 2. The number of hydrazone groups is 1. The number of hydrogen-bond donors (Lipinski definition) is 2. The van der Waals surface area contributed by atoms with E-state index in [0.29, 0.717) is 17.8 Å². The number of aliphatic imine (C=N–C) groups is 1. The number of carbonyl (C=O) groups is 2. The van der Waals surface area contributed by atoms with Crippen molar-refractivity contribution in [3.8, 4) is 0 Å². The van der Waals surface area contributed by atoms with Gasteiger partial charge in [0, 0.05) is 45.0 Å². The van der Waals surface area contributed by atoms with Gasteiger partial charge in [-0.15, -0.1) is 0 Å². The number of Topliss-reactive ketones (excluding diaryl/α,β-unsaturated/α-hetero) is 1. The maximum absolute atomic E-state index is 13.5. The van der Waals surface area contributed by atoms with Crippen LogP contribution in [0.5, 0.6) is 0 Å². The van der Waals surface area contributed by atoms with Crippen LogP contribution in [-0.2, 0) is 6.54 Å². The van der Waals surface area contributed by atoms with Gasteiger partial charge in [-0.25, -0.2) is 4.79 Å². The van der Waals surface area contributed by atoms with Gasteiger partial charge in [0.15, 0.2) is 5.54 Å². The first kappa shape index (κ1) is 24.0. The third-order valence-electron chi connectivity index (χ3n) is 7.25. The lowest BCUT2D eigenvalue weighted by atomic mass is 9.88. The Balaban J connectivity index is 1.31. The summed E-state index contributed by atoms with van der Waals surface area (Å²) in [6, 6.07) is 5.56. The Morgan fingerprint density at radius 3 is 2.83 bits per heavy atom. The van der Waals surface area contributed by atoms with E-state index in [1.807, 2.05) is 42.1 Å². The molecule has 9 nitrogen and oxygen atoms in total. The van der Waals surface area contributed by atoms with Crippen molar-refractivity contribution in [2.45, 2.75) is 31.8 Å². The molecule has 3 aliphatic heterocycles. The van der Waals surface area contributed by atoms with Crippen LogP contribution in [0.15, 0.2) is 64.1 Å². The van der Waals surface area contributed by atoms with Gasteiger partial charge in [0.2, 0.25) is 5.78 Å². The molecule has 1 aromatic rings. The van der Waals surface area contributed by atoms with Crippen LogP contribution in [-0.4, -0.2) is 84.4 Å². The van der Waals surface area contributed by atoms with Crippen molar-refractivity contribution in [1.82, 2.24) is 25.4 Å². The first-order chi connectivity index (χ1) is 17.4. The molecule has 0 bridgehead atoms. The molecular formula is C27H33N7O2. The Bertz CT molecular complexity index is 1230. The summed E-state index contributed by atoms with van der Waals surface area (Å²) < 4.78 is 0. The van der Waals surface area contributed by atoms with Gasteiger partial charge in [-0.1, -0.05) is 24.3 Å². The Morgan fingerprint density at radius 1 is 1.14 bits per heavy atom. The van der Waals surface area contributed by atoms with Crippen molar-refractivity contribution in [3.05, 3.63) is 70.7 Å². The first-order valence-corrected chi connectivity index (χ1v) is 12.5. The molecule has 1 fully saturated rings. The summed E-state index contributed by atoms with van der Waals surface area (Å²) in [5.41, 5.74) is 3.92. The molecule has 1 spiro atoms. The molecule has 1 aromatic carbocycles. The lowest BCUT2D eigenvalue weighted by molar-refractivity contribution is 0.106. The van der Waals surface area contributed by atoms with Crippen molar-refractivity contribution >= 4 is 23.7 Å². The van der Waals surface area contributed by atoms with Gasteiger partial charge < -0.3 is 20.4 Å². The van der Waals surface area contributed by atoms with Crippen molar-refractivity contribution in [2.24, 2.45) is 10.1 Å². The number of urea groups is 1. The molecule has 1 aliphatic carbocycles. The molecule has 1 saturated heterocycles. The minimum absolute atomic E-state index is 0.0436. The van der Waals surface area contributed by atoms with Crippen LogP contribution in [0.1, 0.15) is 34.3 Å².